The van der Waals surface area contributed by atoms with E-state index >= 15 is 0 Å². The SMILES string of the molecule is c1ccc(N(c2ccc(-c3ccc4c(c3)C3(Cc5ccccc5C3)c3ccccc3-4)cc2)c2ccc3c(c2)C2(c4ccccc4-3)C3CC4CC(C3)CC2C4)cc1. The van der Waals surface area contributed by atoms with Gasteiger partial charge in [-0.25, -0.2) is 0 Å². The molecule has 0 amide bonds. The van der Waals surface area contributed by atoms with E-state index in [0.717, 1.165) is 36.5 Å². The molecular weight excluding hydrogens is 675 g/mol. The number of hydrogen-bond donors (Lipinski definition) is 0. The van der Waals surface area contributed by atoms with Gasteiger partial charge in [-0.3, -0.25) is 0 Å². The van der Waals surface area contributed by atoms with E-state index in [2.05, 4.69) is 169 Å². The fourth-order valence-corrected chi connectivity index (χ4v) is 13.7. The van der Waals surface area contributed by atoms with Gasteiger partial charge >= 0.3 is 0 Å². The van der Waals surface area contributed by atoms with Crippen molar-refractivity contribution in [1.29, 1.82) is 0 Å². The number of fused-ring (bicyclic) bond motifs is 9. The van der Waals surface area contributed by atoms with E-state index < -0.39 is 0 Å². The van der Waals surface area contributed by atoms with Gasteiger partial charge in [0.1, 0.15) is 0 Å². The molecule has 2 spiro atoms. The molecule has 56 heavy (non-hydrogen) atoms. The highest BCUT2D eigenvalue weighted by Gasteiger charge is 2.61. The molecule has 7 aromatic rings. The van der Waals surface area contributed by atoms with Gasteiger partial charge in [-0.15, -0.1) is 0 Å². The summed E-state index contributed by atoms with van der Waals surface area (Å²) in [4.78, 5) is 2.50. The van der Waals surface area contributed by atoms with E-state index in [-0.39, 0.29) is 10.8 Å². The number of nitrogens with zero attached hydrogens (tertiary/aromatic N) is 1. The lowest BCUT2D eigenvalue weighted by atomic mass is 9.43. The molecule has 1 heteroatoms. The Morgan fingerprint density at radius 3 is 1.61 bits per heavy atom. The zero-order valence-corrected chi connectivity index (χ0v) is 31.8. The van der Waals surface area contributed by atoms with E-state index in [1.54, 1.807) is 11.1 Å². The summed E-state index contributed by atoms with van der Waals surface area (Å²) in [5.41, 5.74) is 21.3. The molecular formula is C55H45N. The highest BCUT2D eigenvalue weighted by molar-refractivity contribution is 5.88. The standard InChI is InChI=1S/C55H45N/c1-2-12-43(13-3-1)56(45-23-25-49-47-15-7-9-17-51(47)55(53(49)32-45)41-27-35-26-36(29-41)30-42(55)28-35)44-21-18-37(19-22-44)38-20-24-48-46-14-6-8-16-50(46)54(52(48)31-38)33-39-10-4-5-11-40(39)34-54/h1-25,31-32,35-36,41-42H,26-30,33-34H2. The minimum absolute atomic E-state index is 0.00245. The number of rotatable bonds is 4. The van der Waals surface area contributed by atoms with Gasteiger partial charge in [0.15, 0.2) is 0 Å². The van der Waals surface area contributed by atoms with Gasteiger partial charge in [-0.1, -0.05) is 121 Å². The molecule has 0 aromatic heterocycles. The monoisotopic (exact) mass is 719 g/mol. The van der Waals surface area contributed by atoms with Crippen LogP contribution in [0.2, 0.25) is 0 Å². The number of hydrogen-bond acceptors (Lipinski definition) is 1. The van der Waals surface area contributed by atoms with Crippen LogP contribution in [-0.4, -0.2) is 0 Å². The van der Waals surface area contributed by atoms with Gasteiger partial charge in [0.2, 0.25) is 0 Å². The minimum Gasteiger partial charge on any atom is -0.310 e. The molecule has 0 aliphatic heterocycles. The van der Waals surface area contributed by atoms with Crippen LogP contribution in [0.4, 0.5) is 17.1 Å². The average Bonchev–Trinajstić information content (AvgIpc) is 3.87. The summed E-state index contributed by atoms with van der Waals surface area (Å²) >= 11 is 0. The van der Waals surface area contributed by atoms with Crippen molar-refractivity contribution in [1.82, 2.24) is 0 Å². The second kappa shape index (κ2) is 11.5. The number of anilines is 3. The normalized spacial score (nSPS) is 24.9. The van der Waals surface area contributed by atoms with Crippen molar-refractivity contribution in [2.24, 2.45) is 23.7 Å². The quantitative estimate of drug-likeness (QED) is 0.175. The predicted octanol–water partition coefficient (Wildman–Crippen LogP) is 13.6. The third-order valence-corrected chi connectivity index (χ3v) is 15.6. The lowest BCUT2D eigenvalue weighted by molar-refractivity contribution is -0.0399. The van der Waals surface area contributed by atoms with Crippen molar-refractivity contribution in [2.45, 2.75) is 55.8 Å². The average molecular weight is 720 g/mol. The van der Waals surface area contributed by atoms with E-state index in [0.29, 0.717) is 0 Å². The Hall–Kier alpha value is -5.66. The molecule has 0 saturated heterocycles. The molecule has 14 rings (SSSR count). The van der Waals surface area contributed by atoms with Crippen molar-refractivity contribution in [3.05, 3.63) is 197 Å². The fourth-order valence-electron chi connectivity index (χ4n) is 13.7. The first-order chi connectivity index (χ1) is 27.7. The molecule has 4 bridgehead atoms. The van der Waals surface area contributed by atoms with E-state index in [9.17, 15) is 0 Å². The Kier molecular flexibility index (Phi) is 6.45. The van der Waals surface area contributed by atoms with Gasteiger partial charge in [-0.05, 0) is 178 Å². The van der Waals surface area contributed by atoms with E-state index in [4.69, 9.17) is 0 Å². The molecule has 7 aliphatic carbocycles. The van der Waals surface area contributed by atoms with Gasteiger partial charge in [0, 0.05) is 27.9 Å². The molecule has 7 aromatic carbocycles. The molecule has 270 valence electrons. The van der Waals surface area contributed by atoms with Gasteiger partial charge in [0.05, 0.1) is 0 Å². The highest BCUT2D eigenvalue weighted by Crippen LogP contribution is 2.69. The summed E-state index contributed by atoms with van der Waals surface area (Å²) in [7, 11) is 0. The van der Waals surface area contributed by atoms with Crippen molar-refractivity contribution < 1.29 is 0 Å². The van der Waals surface area contributed by atoms with Crippen LogP contribution in [0.5, 0.6) is 0 Å². The van der Waals surface area contributed by atoms with Crippen LogP contribution < -0.4 is 4.90 Å². The summed E-state index contributed by atoms with van der Waals surface area (Å²) in [6, 6.07) is 62.9. The van der Waals surface area contributed by atoms with Gasteiger partial charge < -0.3 is 4.90 Å². The second-order valence-corrected chi connectivity index (χ2v) is 18.2. The summed E-state index contributed by atoms with van der Waals surface area (Å²) in [6.07, 6.45) is 9.21. The molecule has 0 unspecified atom stereocenters. The van der Waals surface area contributed by atoms with Crippen LogP contribution in [0, 0.1) is 23.7 Å². The van der Waals surface area contributed by atoms with Crippen molar-refractivity contribution >= 4 is 17.1 Å². The topological polar surface area (TPSA) is 3.24 Å². The molecule has 0 atom stereocenters. The maximum atomic E-state index is 2.62. The summed E-state index contributed by atoms with van der Waals surface area (Å²) in [6.45, 7) is 0. The lowest BCUT2D eigenvalue weighted by Crippen LogP contribution is -2.55. The Morgan fingerprint density at radius 2 is 0.893 bits per heavy atom. The third-order valence-electron chi connectivity index (χ3n) is 15.6. The van der Waals surface area contributed by atoms with Gasteiger partial charge in [0.25, 0.3) is 0 Å². The second-order valence-electron chi connectivity index (χ2n) is 18.2. The minimum atomic E-state index is -0.00245. The van der Waals surface area contributed by atoms with E-state index in [1.807, 2.05) is 0 Å². The Balaban J connectivity index is 0.909. The van der Waals surface area contributed by atoms with Crippen molar-refractivity contribution in [3.63, 3.8) is 0 Å². The third kappa shape index (κ3) is 4.16. The zero-order valence-electron chi connectivity index (χ0n) is 31.8. The molecule has 0 N–H and O–H groups in total. The van der Waals surface area contributed by atoms with Crippen LogP contribution in [-0.2, 0) is 23.7 Å². The van der Waals surface area contributed by atoms with Crippen molar-refractivity contribution in [3.8, 4) is 33.4 Å². The first kappa shape index (κ1) is 31.5. The Morgan fingerprint density at radius 1 is 0.375 bits per heavy atom. The maximum Gasteiger partial charge on any atom is 0.0465 e. The van der Waals surface area contributed by atoms with Crippen LogP contribution in [0.25, 0.3) is 33.4 Å². The Bertz CT molecular complexity index is 2670. The van der Waals surface area contributed by atoms with Crippen LogP contribution >= 0.6 is 0 Å². The van der Waals surface area contributed by atoms with Gasteiger partial charge in [-0.2, -0.15) is 0 Å². The fraction of sp³-hybridized carbons (Fsp3) is 0.236. The molecule has 1 nitrogen and oxygen atoms in total. The zero-order chi connectivity index (χ0) is 36.6. The summed E-state index contributed by atoms with van der Waals surface area (Å²) in [5.74, 6) is 3.36. The first-order valence-corrected chi connectivity index (χ1v) is 21.2. The number of para-hydroxylation sites is 1. The molecule has 0 heterocycles. The number of benzene rings is 7. The summed E-state index contributed by atoms with van der Waals surface area (Å²) < 4.78 is 0. The van der Waals surface area contributed by atoms with Crippen LogP contribution in [0.1, 0.15) is 65.5 Å². The molecule has 4 fully saturated rings. The van der Waals surface area contributed by atoms with E-state index in [1.165, 1.54) is 105 Å². The molecule has 7 aliphatic rings. The van der Waals surface area contributed by atoms with Crippen LogP contribution in [0.3, 0.4) is 0 Å². The maximum absolute atomic E-state index is 2.62. The predicted molar refractivity (Wildman–Crippen MR) is 230 cm³/mol. The Labute approximate surface area is 330 Å². The smallest absolute Gasteiger partial charge is 0.0465 e. The molecule has 0 radical (unpaired) electrons. The lowest BCUT2D eigenvalue weighted by Gasteiger charge is -2.61. The van der Waals surface area contributed by atoms with Crippen molar-refractivity contribution in [2.75, 3.05) is 4.90 Å². The molecule has 4 saturated carbocycles. The summed E-state index contributed by atoms with van der Waals surface area (Å²) in [5, 5.41) is 0. The largest absolute Gasteiger partial charge is 0.310 e. The highest BCUT2D eigenvalue weighted by atomic mass is 15.1. The first-order valence-electron chi connectivity index (χ1n) is 21.2. The van der Waals surface area contributed by atoms with Crippen LogP contribution in [0.15, 0.2) is 164 Å².